The van der Waals surface area contributed by atoms with E-state index in [1.54, 1.807) is 36.7 Å². The smallest absolute Gasteiger partial charge is 0.263 e. The summed E-state index contributed by atoms with van der Waals surface area (Å²) in [5, 5.41) is 7.82. The number of anilines is 3. The van der Waals surface area contributed by atoms with Gasteiger partial charge in [-0.05, 0) is 42.0 Å². The van der Waals surface area contributed by atoms with Crippen LogP contribution in [0.3, 0.4) is 0 Å². The Bertz CT molecular complexity index is 1340. The summed E-state index contributed by atoms with van der Waals surface area (Å²) < 4.78 is 26.1. The molecule has 3 aromatic rings. The van der Waals surface area contributed by atoms with Crippen LogP contribution in [0, 0.1) is 0 Å². The molecule has 0 atom stereocenters. The monoisotopic (exact) mass is 481 g/mol. The summed E-state index contributed by atoms with van der Waals surface area (Å²) >= 11 is 0. The second-order valence-corrected chi connectivity index (χ2v) is 10.9. The van der Waals surface area contributed by atoms with Gasteiger partial charge in [-0.3, -0.25) is 14.4 Å². The van der Waals surface area contributed by atoms with Gasteiger partial charge in [0.15, 0.2) is 0 Å². The maximum Gasteiger partial charge on any atom is 0.263 e. The first kappa shape index (κ1) is 23.7. The fraction of sp³-hybridized carbons (Fsp3) is 0.292. The average molecular weight is 482 g/mol. The number of amides is 1. The number of quaternary nitrogens is 1. The highest BCUT2D eigenvalue weighted by Gasteiger charge is 2.39. The second kappa shape index (κ2) is 9.03. The van der Waals surface area contributed by atoms with Crippen molar-refractivity contribution < 1.29 is 18.5 Å². The summed E-state index contributed by atoms with van der Waals surface area (Å²) in [6.07, 6.45) is 4.58. The molecule has 9 nitrogen and oxygen atoms in total. The van der Waals surface area contributed by atoms with Gasteiger partial charge in [-0.15, -0.1) is 0 Å². The van der Waals surface area contributed by atoms with Gasteiger partial charge in [-0.2, -0.15) is 0 Å². The largest absolute Gasteiger partial charge is 0.373 e. The normalized spacial score (nSPS) is 14.5. The maximum absolute atomic E-state index is 13.1. The van der Waals surface area contributed by atoms with Crippen LogP contribution in [0.4, 0.5) is 23.0 Å². The summed E-state index contributed by atoms with van der Waals surface area (Å²) in [4.78, 5) is 21.7. The van der Waals surface area contributed by atoms with Crippen molar-refractivity contribution in [3.8, 4) is 0 Å². The fourth-order valence-electron chi connectivity index (χ4n) is 4.14. The first-order valence-electron chi connectivity index (χ1n) is 10.9. The van der Waals surface area contributed by atoms with E-state index in [4.69, 9.17) is 0 Å². The second-order valence-electron chi connectivity index (χ2n) is 8.98. The molecule has 10 heteroatoms. The molecule has 0 unspecified atom stereocenters. The molecule has 2 aromatic heterocycles. The molecule has 1 aliphatic rings. The van der Waals surface area contributed by atoms with E-state index >= 15 is 0 Å². The van der Waals surface area contributed by atoms with Crippen molar-refractivity contribution in [2.75, 3.05) is 34.8 Å². The third-order valence-corrected chi connectivity index (χ3v) is 7.01. The number of pyridine rings is 2. The first-order valence-corrected chi connectivity index (χ1v) is 12.8. The summed E-state index contributed by atoms with van der Waals surface area (Å²) in [5.41, 5.74) is 3.22. The van der Waals surface area contributed by atoms with E-state index in [0.717, 1.165) is 16.9 Å². The Morgan fingerprint density at radius 2 is 1.94 bits per heavy atom. The number of hydrogen-bond acceptors (Lipinski definition) is 6. The number of carbonyl (C=O) groups excluding carboxylic acids is 1. The predicted molar refractivity (Wildman–Crippen MR) is 133 cm³/mol. The van der Waals surface area contributed by atoms with Gasteiger partial charge in [0.2, 0.25) is 15.8 Å². The number of carbonyl (C=O) groups is 1. The van der Waals surface area contributed by atoms with Crippen molar-refractivity contribution in [3.63, 3.8) is 0 Å². The first-order chi connectivity index (χ1) is 16.1. The van der Waals surface area contributed by atoms with Crippen molar-refractivity contribution in [3.05, 3.63) is 71.5 Å². The van der Waals surface area contributed by atoms with Gasteiger partial charge in [0, 0.05) is 42.7 Å². The maximum atomic E-state index is 13.1. The van der Waals surface area contributed by atoms with Crippen LogP contribution >= 0.6 is 0 Å². The summed E-state index contributed by atoms with van der Waals surface area (Å²) in [6, 6.07) is 12.7. The highest BCUT2D eigenvalue weighted by atomic mass is 32.2. The number of hydrogen-bond donors (Lipinski definition) is 3. The van der Waals surface area contributed by atoms with Gasteiger partial charge >= 0.3 is 0 Å². The van der Waals surface area contributed by atoms with E-state index in [0.29, 0.717) is 35.8 Å². The third kappa shape index (κ3) is 4.87. The lowest BCUT2D eigenvalue weighted by atomic mass is 9.87. The standard InChI is InChI=1S/C24H28N6O3S/c1-24(2)15-30(34(4,32)33)20-13-17(7-8-19(20)24)29-23(31)18-6-5-10-27-22(18)28-14-16-9-11-26-21(12-16)25-3/h5-13H,14-15H2,1-4H3,(H,25,26)(H,27,28)(H,29,31)/p+1. The van der Waals surface area contributed by atoms with Crippen molar-refractivity contribution in [1.29, 1.82) is 0 Å². The van der Waals surface area contributed by atoms with Crippen LogP contribution in [0.1, 0.15) is 35.3 Å². The topological polar surface area (TPSA) is 121 Å². The minimum absolute atomic E-state index is 0.312. The molecule has 1 amide bonds. The minimum Gasteiger partial charge on any atom is -0.373 e. The SMILES string of the molecule is CNc1cc(C[NH2+]c2ncccc2C(=O)Nc2ccc3c(c2)N(S(C)(=O)=O)CC3(C)C)ccn1. The number of nitrogens with one attached hydrogen (secondary N) is 2. The zero-order chi connectivity index (χ0) is 24.5. The lowest BCUT2D eigenvalue weighted by molar-refractivity contribution is -0.592. The van der Waals surface area contributed by atoms with E-state index in [-0.39, 0.29) is 11.3 Å². The van der Waals surface area contributed by atoms with Gasteiger partial charge in [0.25, 0.3) is 5.91 Å². The number of aromatic nitrogens is 2. The van der Waals surface area contributed by atoms with Gasteiger partial charge in [0.05, 0.1) is 11.9 Å². The lowest BCUT2D eigenvalue weighted by Crippen LogP contribution is -2.77. The molecule has 0 saturated carbocycles. The van der Waals surface area contributed by atoms with Crippen LogP contribution in [0.25, 0.3) is 0 Å². The summed E-state index contributed by atoms with van der Waals surface area (Å²) in [5.74, 6) is 1.03. The molecule has 0 bridgehead atoms. The van der Waals surface area contributed by atoms with Gasteiger partial charge in [0.1, 0.15) is 17.9 Å². The average Bonchev–Trinajstić information content (AvgIpc) is 3.08. The van der Waals surface area contributed by atoms with Gasteiger partial charge in [-0.25, -0.2) is 18.4 Å². The quantitative estimate of drug-likeness (QED) is 0.476. The molecule has 0 saturated heterocycles. The van der Waals surface area contributed by atoms with Crippen LogP contribution in [0.15, 0.2) is 54.9 Å². The zero-order valence-corrected chi connectivity index (χ0v) is 20.5. The molecule has 4 N–H and O–H groups in total. The molecule has 1 aliphatic heterocycles. The Morgan fingerprint density at radius 1 is 1.15 bits per heavy atom. The number of fused-ring (bicyclic) bond motifs is 1. The molecule has 34 heavy (non-hydrogen) atoms. The minimum atomic E-state index is -3.43. The summed E-state index contributed by atoms with van der Waals surface area (Å²) in [7, 11) is -1.62. The highest BCUT2D eigenvalue weighted by molar-refractivity contribution is 7.92. The third-order valence-electron chi connectivity index (χ3n) is 5.89. The van der Waals surface area contributed by atoms with Crippen LogP contribution < -0.4 is 20.3 Å². The summed E-state index contributed by atoms with van der Waals surface area (Å²) in [6.45, 7) is 4.97. The molecule has 4 rings (SSSR count). The van der Waals surface area contributed by atoms with E-state index in [1.807, 2.05) is 44.4 Å². The van der Waals surface area contributed by atoms with Gasteiger partial charge in [-0.1, -0.05) is 19.9 Å². The molecule has 0 fully saturated rings. The van der Waals surface area contributed by atoms with E-state index in [1.165, 1.54) is 10.6 Å². The van der Waals surface area contributed by atoms with Crippen LogP contribution in [-0.4, -0.2) is 44.1 Å². The zero-order valence-electron chi connectivity index (χ0n) is 19.7. The highest BCUT2D eigenvalue weighted by Crippen LogP contribution is 2.43. The molecule has 3 heterocycles. The van der Waals surface area contributed by atoms with Crippen molar-refractivity contribution in [2.45, 2.75) is 25.8 Å². The van der Waals surface area contributed by atoms with E-state index in [2.05, 4.69) is 20.6 Å². The Kier molecular flexibility index (Phi) is 6.28. The Labute approximate surface area is 199 Å². The predicted octanol–water partition coefficient (Wildman–Crippen LogP) is 2.22. The molecular formula is C24H29N6O3S+. The van der Waals surface area contributed by atoms with Gasteiger partial charge < -0.3 is 10.6 Å². The van der Waals surface area contributed by atoms with E-state index < -0.39 is 10.0 Å². The number of rotatable bonds is 7. The lowest BCUT2D eigenvalue weighted by Gasteiger charge is -2.20. The Hall–Kier alpha value is -3.50. The Balaban J connectivity index is 1.55. The Morgan fingerprint density at radius 3 is 2.68 bits per heavy atom. The van der Waals surface area contributed by atoms with Crippen LogP contribution in [0.2, 0.25) is 0 Å². The van der Waals surface area contributed by atoms with E-state index in [9.17, 15) is 13.2 Å². The number of nitrogens with zero attached hydrogens (tertiary/aromatic N) is 3. The molecule has 178 valence electrons. The van der Waals surface area contributed by atoms with Crippen molar-refractivity contribution in [2.24, 2.45) is 0 Å². The van der Waals surface area contributed by atoms with Crippen LogP contribution in [-0.2, 0) is 22.0 Å². The molecule has 0 spiro atoms. The molecular weight excluding hydrogens is 452 g/mol. The molecule has 0 aliphatic carbocycles. The van der Waals surface area contributed by atoms with Crippen molar-refractivity contribution in [1.82, 2.24) is 9.97 Å². The fourth-order valence-corrected chi connectivity index (χ4v) is 5.20. The number of benzene rings is 1. The number of sulfonamides is 1. The van der Waals surface area contributed by atoms with Crippen molar-refractivity contribution >= 4 is 38.9 Å². The van der Waals surface area contributed by atoms with Crippen LogP contribution in [0.5, 0.6) is 0 Å². The molecule has 0 radical (unpaired) electrons. The number of nitrogens with two attached hydrogens (primary N) is 1. The molecule has 1 aromatic carbocycles.